The normalized spacial score (nSPS) is 21.9. The predicted molar refractivity (Wildman–Crippen MR) is 82.7 cm³/mol. The van der Waals surface area contributed by atoms with Crippen molar-refractivity contribution in [3.8, 4) is 0 Å². The zero-order chi connectivity index (χ0) is 15.4. The van der Waals surface area contributed by atoms with E-state index in [1.54, 1.807) is 0 Å². The van der Waals surface area contributed by atoms with Gasteiger partial charge in [0.25, 0.3) is 0 Å². The van der Waals surface area contributed by atoms with Gasteiger partial charge in [0.2, 0.25) is 11.6 Å². The van der Waals surface area contributed by atoms with Gasteiger partial charge in [-0.2, -0.15) is 0 Å². The highest BCUT2D eigenvalue weighted by atomic mass is 16.6. The molecule has 1 heterocycles. The molecular weight excluding hydrogens is 270 g/mol. The van der Waals surface area contributed by atoms with Gasteiger partial charge >= 0.3 is 5.69 Å². The number of hydrogen-bond acceptors (Lipinski definition) is 6. The average molecular weight is 293 g/mol. The minimum Gasteiger partial charge on any atom is -0.364 e. The molecule has 7 nitrogen and oxygen atoms in total. The molecule has 0 aliphatic heterocycles. The molecule has 0 spiro atoms. The summed E-state index contributed by atoms with van der Waals surface area (Å²) in [5.41, 5.74) is -0.0273. The Morgan fingerprint density at radius 1 is 1.38 bits per heavy atom. The van der Waals surface area contributed by atoms with Crippen LogP contribution in [0.5, 0.6) is 0 Å². The summed E-state index contributed by atoms with van der Waals surface area (Å²) in [6, 6.07) is 0.310. The fourth-order valence-corrected chi connectivity index (χ4v) is 2.90. The Bertz CT molecular complexity index is 500. The van der Waals surface area contributed by atoms with Gasteiger partial charge in [0.1, 0.15) is 6.33 Å². The summed E-state index contributed by atoms with van der Waals surface area (Å²) in [7, 11) is 1.89. The van der Waals surface area contributed by atoms with Crippen molar-refractivity contribution in [2.24, 2.45) is 5.92 Å². The van der Waals surface area contributed by atoms with Crippen LogP contribution < -0.4 is 10.2 Å². The molecule has 7 heteroatoms. The molecule has 116 valence electrons. The second-order valence-corrected chi connectivity index (χ2v) is 5.71. The van der Waals surface area contributed by atoms with Crippen LogP contribution in [0.2, 0.25) is 0 Å². The fraction of sp³-hybridized carbons (Fsp3) is 0.714. The Balaban J connectivity index is 2.29. The van der Waals surface area contributed by atoms with E-state index in [-0.39, 0.29) is 5.69 Å². The van der Waals surface area contributed by atoms with Crippen molar-refractivity contribution in [1.82, 2.24) is 9.97 Å². The Kier molecular flexibility index (Phi) is 4.93. The van der Waals surface area contributed by atoms with Gasteiger partial charge in [-0.05, 0) is 38.5 Å². The van der Waals surface area contributed by atoms with Crippen molar-refractivity contribution in [1.29, 1.82) is 0 Å². The maximum absolute atomic E-state index is 11.4. The average Bonchev–Trinajstić information content (AvgIpc) is 2.47. The van der Waals surface area contributed by atoms with Crippen molar-refractivity contribution in [2.75, 3.05) is 23.8 Å². The first kappa shape index (κ1) is 15.5. The predicted octanol–water partition coefficient (Wildman–Crippen LogP) is 2.83. The highest BCUT2D eigenvalue weighted by Gasteiger charge is 2.30. The molecule has 1 saturated carbocycles. The molecule has 0 saturated heterocycles. The maximum Gasteiger partial charge on any atom is 0.353 e. The highest BCUT2D eigenvalue weighted by molar-refractivity contribution is 5.70. The molecule has 0 radical (unpaired) electrons. The first-order valence-electron chi connectivity index (χ1n) is 7.50. The minimum absolute atomic E-state index is 0.0273. The van der Waals surface area contributed by atoms with Crippen LogP contribution in [0.3, 0.4) is 0 Å². The summed E-state index contributed by atoms with van der Waals surface area (Å²) in [6.45, 7) is 4.73. The molecule has 1 aromatic heterocycles. The van der Waals surface area contributed by atoms with E-state index < -0.39 is 4.92 Å². The van der Waals surface area contributed by atoms with Gasteiger partial charge < -0.3 is 10.2 Å². The third kappa shape index (κ3) is 3.40. The molecule has 0 bridgehead atoms. The van der Waals surface area contributed by atoms with Crippen molar-refractivity contribution in [3.63, 3.8) is 0 Å². The van der Waals surface area contributed by atoms with Gasteiger partial charge in [0.15, 0.2) is 0 Å². The van der Waals surface area contributed by atoms with Crippen LogP contribution in [0.15, 0.2) is 6.33 Å². The van der Waals surface area contributed by atoms with Crippen LogP contribution in [0, 0.1) is 16.0 Å². The lowest BCUT2D eigenvalue weighted by Crippen LogP contribution is -2.36. The summed E-state index contributed by atoms with van der Waals surface area (Å²) in [6.07, 6.45) is 5.81. The number of nitrogens with zero attached hydrogens (tertiary/aromatic N) is 4. The molecule has 21 heavy (non-hydrogen) atoms. The first-order valence-corrected chi connectivity index (χ1v) is 7.50. The maximum atomic E-state index is 11.4. The summed E-state index contributed by atoms with van der Waals surface area (Å²) in [5, 5.41) is 14.4. The number of hydrogen-bond donors (Lipinski definition) is 1. The number of nitrogens with one attached hydrogen (secondary N) is 1. The van der Waals surface area contributed by atoms with Crippen LogP contribution in [0.4, 0.5) is 17.3 Å². The van der Waals surface area contributed by atoms with E-state index in [4.69, 9.17) is 0 Å². The van der Waals surface area contributed by atoms with Crippen molar-refractivity contribution >= 4 is 17.3 Å². The Morgan fingerprint density at radius 2 is 2.05 bits per heavy atom. The lowest BCUT2D eigenvalue weighted by Gasteiger charge is -2.34. The van der Waals surface area contributed by atoms with E-state index in [1.165, 1.54) is 6.33 Å². The lowest BCUT2D eigenvalue weighted by molar-refractivity contribution is -0.383. The lowest BCUT2D eigenvalue weighted by atomic mass is 9.87. The van der Waals surface area contributed by atoms with E-state index in [1.807, 2.05) is 18.9 Å². The number of nitro groups is 1. The number of rotatable bonds is 5. The Labute approximate surface area is 124 Å². The molecule has 0 atom stereocenters. The summed E-state index contributed by atoms with van der Waals surface area (Å²) >= 11 is 0. The summed E-state index contributed by atoms with van der Waals surface area (Å²) < 4.78 is 0. The first-order chi connectivity index (χ1) is 10.0. The molecule has 1 aliphatic carbocycles. The van der Waals surface area contributed by atoms with Gasteiger partial charge in [-0.3, -0.25) is 10.1 Å². The molecule has 0 amide bonds. The van der Waals surface area contributed by atoms with Gasteiger partial charge in [-0.25, -0.2) is 9.97 Å². The van der Waals surface area contributed by atoms with Crippen LogP contribution in [-0.4, -0.2) is 34.5 Å². The molecule has 1 aromatic rings. The van der Waals surface area contributed by atoms with E-state index in [2.05, 4.69) is 22.2 Å². The molecule has 1 N–H and O–H groups in total. The van der Waals surface area contributed by atoms with E-state index in [0.717, 1.165) is 31.6 Å². The highest BCUT2D eigenvalue weighted by Crippen LogP contribution is 2.35. The quantitative estimate of drug-likeness (QED) is 0.664. The van der Waals surface area contributed by atoms with Crippen LogP contribution in [0.25, 0.3) is 0 Å². The van der Waals surface area contributed by atoms with E-state index in [0.29, 0.717) is 24.2 Å². The van der Waals surface area contributed by atoms with Gasteiger partial charge in [-0.1, -0.05) is 6.92 Å². The molecule has 2 rings (SSSR count). The van der Waals surface area contributed by atoms with Gasteiger partial charge in [-0.15, -0.1) is 0 Å². The number of anilines is 2. The number of aromatic nitrogens is 2. The van der Waals surface area contributed by atoms with Crippen LogP contribution in [0.1, 0.15) is 39.5 Å². The third-order valence-electron chi connectivity index (χ3n) is 4.20. The SMILES string of the molecule is CCNc1ncnc(N(C)C2CCC(C)CC2)c1[N+](=O)[O-]. The monoisotopic (exact) mass is 293 g/mol. The second-order valence-electron chi connectivity index (χ2n) is 5.71. The van der Waals surface area contributed by atoms with Crippen LogP contribution in [-0.2, 0) is 0 Å². The minimum atomic E-state index is -0.394. The smallest absolute Gasteiger partial charge is 0.353 e. The molecule has 0 unspecified atom stereocenters. The summed E-state index contributed by atoms with van der Waals surface area (Å²) in [4.78, 5) is 21.1. The fourth-order valence-electron chi connectivity index (χ4n) is 2.90. The molecule has 0 aromatic carbocycles. The zero-order valence-corrected chi connectivity index (χ0v) is 12.9. The van der Waals surface area contributed by atoms with Crippen LogP contribution >= 0.6 is 0 Å². The standard InChI is InChI=1S/C14H23N5O2/c1-4-15-13-12(19(20)21)14(17-9-16-13)18(3)11-7-5-10(2)6-8-11/h9-11H,4-8H2,1-3H3,(H,15,16,17). The molecular formula is C14H23N5O2. The van der Waals surface area contributed by atoms with Crippen molar-refractivity contribution in [2.45, 2.75) is 45.6 Å². The Hall–Kier alpha value is -1.92. The van der Waals surface area contributed by atoms with Crippen molar-refractivity contribution < 1.29 is 4.92 Å². The Morgan fingerprint density at radius 3 is 2.62 bits per heavy atom. The van der Waals surface area contributed by atoms with E-state index >= 15 is 0 Å². The zero-order valence-electron chi connectivity index (χ0n) is 12.9. The molecule has 1 aliphatic rings. The topological polar surface area (TPSA) is 84.2 Å². The van der Waals surface area contributed by atoms with Gasteiger partial charge in [0.05, 0.1) is 4.92 Å². The molecule has 1 fully saturated rings. The largest absolute Gasteiger partial charge is 0.364 e. The third-order valence-corrected chi connectivity index (χ3v) is 4.20. The second kappa shape index (κ2) is 6.69. The van der Waals surface area contributed by atoms with E-state index in [9.17, 15) is 10.1 Å². The summed E-state index contributed by atoms with van der Waals surface area (Å²) in [5.74, 6) is 1.45. The van der Waals surface area contributed by atoms with Crippen molar-refractivity contribution in [3.05, 3.63) is 16.4 Å². The van der Waals surface area contributed by atoms with Gasteiger partial charge in [0, 0.05) is 19.6 Å².